The van der Waals surface area contributed by atoms with Crippen LogP contribution in [0.25, 0.3) is 0 Å². The van der Waals surface area contributed by atoms with Gasteiger partial charge in [-0.2, -0.15) is 0 Å². The van der Waals surface area contributed by atoms with Crippen molar-refractivity contribution in [1.82, 2.24) is 0 Å². The number of halogens is 3. The molecule has 72 valence electrons. The molecule has 0 bridgehead atoms. The van der Waals surface area contributed by atoms with E-state index in [1.54, 1.807) is 0 Å². The lowest BCUT2D eigenvalue weighted by Gasteiger charge is -2.27. The van der Waals surface area contributed by atoms with Crippen molar-refractivity contribution in [2.45, 2.75) is 38.3 Å². The lowest BCUT2D eigenvalue weighted by Crippen LogP contribution is -2.34. The van der Waals surface area contributed by atoms with Crippen LogP contribution in [0.1, 0.15) is 19.8 Å². The van der Waals surface area contributed by atoms with Gasteiger partial charge in [0.15, 0.2) is 0 Å². The van der Waals surface area contributed by atoms with Gasteiger partial charge in [0.25, 0.3) is 0 Å². The number of hydrogen-bond donors (Lipinski definition) is 0. The van der Waals surface area contributed by atoms with Crippen LogP contribution in [0, 0.1) is 0 Å². The summed E-state index contributed by atoms with van der Waals surface area (Å²) in [5.41, 5.74) is 0. The molecule has 1 fully saturated rings. The van der Waals surface area contributed by atoms with Crippen LogP contribution >= 0.6 is 0 Å². The molecule has 0 saturated carbocycles. The summed E-state index contributed by atoms with van der Waals surface area (Å²) in [5.74, 6) is 0. The van der Waals surface area contributed by atoms with Crippen molar-refractivity contribution in [3.63, 3.8) is 0 Å². The van der Waals surface area contributed by atoms with E-state index in [-0.39, 0.29) is 12.7 Å². The molecular formula is C7H11F3O2. The first kappa shape index (κ1) is 9.80. The minimum absolute atomic E-state index is 0.0423. The van der Waals surface area contributed by atoms with Crippen molar-refractivity contribution in [2.75, 3.05) is 6.61 Å². The molecule has 0 radical (unpaired) electrons. The molecular weight excluding hydrogens is 173 g/mol. The van der Waals surface area contributed by atoms with Crippen LogP contribution in [0.5, 0.6) is 0 Å². The van der Waals surface area contributed by atoms with E-state index < -0.39 is 12.5 Å². The Hall–Kier alpha value is -0.290. The van der Waals surface area contributed by atoms with Gasteiger partial charge in [0, 0.05) is 0 Å². The van der Waals surface area contributed by atoms with Crippen molar-refractivity contribution in [1.29, 1.82) is 0 Å². The van der Waals surface area contributed by atoms with Crippen LogP contribution in [0.4, 0.5) is 13.2 Å². The first-order valence-corrected chi connectivity index (χ1v) is 3.83. The topological polar surface area (TPSA) is 18.5 Å². The maximum absolute atomic E-state index is 11.7. The number of ether oxygens (including phenoxy) is 2. The third kappa shape index (κ3) is 3.40. The van der Waals surface area contributed by atoms with Crippen LogP contribution < -0.4 is 0 Å². The Labute approximate surface area is 68.6 Å². The monoisotopic (exact) mass is 184 g/mol. The SMILES string of the molecule is C[C@H]1CC[C@@H](OC(F)(F)F)CO1. The zero-order valence-electron chi connectivity index (χ0n) is 6.73. The Morgan fingerprint density at radius 3 is 2.42 bits per heavy atom. The smallest absolute Gasteiger partial charge is 0.376 e. The van der Waals surface area contributed by atoms with E-state index in [2.05, 4.69) is 4.74 Å². The van der Waals surface area contributed by atoms with Gasteiger partial charge in [-0.05, 0) is 19.8 Å². The van der Waals surface area contributed by atoms with Crippen LogP contribution in [-0.2, 0) is 9.47 Å². The molecule has 0 amide bonds. The van der Waals surface area contributed by atoms with Crippen LogP contribution in [0.2, 0.25) is 0 Å². The Bertz CT molecular complexity index is 138. The summed E-state index contributed by atoms with van der Waals surface area (Å²) in [4.78, 5) is 0. The standard InChI is InChI=1S/C7H11F3O2/c1-5-2-3-6(4-11-5)12-7(8,9)10/h5-6H,2-4H2,1H3/t5-,6+/m0/s1. The van der Waals surface area contributed by atoms with Crippen molar-refractivity contribution in [2.24, 2.45) is 0 Å². The first-order chi connectivity index (χ1) is 5.47. The largest absolute Gasteiger partial charge is 0.522 e. The van der Waals surface area contributed by atoms with Crippen molar-refractivity contribution in [3.8, 4) is 0 Å². The van der Waals surface area contributed by atoms with E-state index in [0.717, 1.165) is 0 Å². The first-order valence-electron chi connectivity index (χ1n) is 3.83. The van der Waals surface area contributed by atoms with Gasteiger partial charge in [-0.3, -0.25) is 4.74 Å². The lowest BCUT2D eigenvalue weighted by atomic mass is 10.1. The van der Waals surface area contributed by atoms with E-state index >= 15 is 0 Å². The summed E-state index contributed by atoms with van der Waals surface area (Å²) in [6.07, 6.45) is -4.25. The van der Waals surface area contributed by atoms with Crippen LogP contribution in [-0.4, -0.2) is 25.2 Å². The van der Waals surface area contributed by atoms with Crippen molar-refractivity contribution < 1.29 is 22.6 Å². The second-order valence-electron chi connectivity index (χ2n) is 2.91. The minimum Gasteiger partial charge on any atom is -0.376 e. The zero-order valence-corrected chi connectivity index (χ0v) is 6.73. The van der Waals surface area contributed by atoms with Gasteiger partial charge in [0.2, 0.25) is 0 Å². The van der Waals surface area contributed by atoms with Gasteiger partial charge < -0.3 is 4.74 Å². The van der Waals surface area contributed by atoms with Gasteiger partial charge in [-0.1, -0.05) is 0 Å². The molecule has 0 aliphatic carbocycles. The van der Waals surface area contributed by atoms with Gasteiger partial charge in [-0.25, -0.2) is 0 Å². The fraction of sp³-hybridized carbons (Fsp3) is 1.00. The number of alkyl halides is 3. The number of rotatable bonds is 1. The third-order valence-corrected chi connectivity index (χ3v) is 1.76. The Morgan fingerprint density at radius 1 is 1.33 bits per heavy atom. The molecule has 1 rings (SSSR count). The van der Waals surface area contributed by atoms with Crippen LogP contribution in [0.3, 0.4) is 0 Å². The molecule has 0 spiro atoms. The highest BCUT2D eigenvalue weighted by molar-refractivity contribution is 4.67. The predicted octanol–water partition coefficient (Wildman–Crippen LogP) is 2.09. The quantitative estimate of drug-likeness (QED) is 0.621. The number of hydrogen-bond acceptors (Lipinski definition) is 2. The van der Waals surface area contributed by atoms with Gasteiger partial charge >= 0.3 is 6.36 Å². The normalized spacial score (nSPS) is 32.0. The van der Waals surface area contributed by atoms with E-state index in [1.165, 1.54) is 0 Å². The highest BCUT2D eigenvalue weighted by Gasteiger charge is 2.35. The van der Waals surface area contributed by atoms with E-state index in [4.69, 9.17) is 4.74 Å². The molecule has 0 aromatic carbocycles. The summed E-state index contributed by atoms with van der Waals surface area (Å²) in [5, 5.41) is 0. The summed E-state index contributed by atoms with van der Waals surface area (Å²) >= 11 is 0. The summed E-state index contributed by atoms with van der Waals surface area (Å²) in [6, 6.07) is 0. The Kier molecular flexibility index (Phi) is 2.95. The summed E-state index contributed by atoms with van der Waals surface area (Å²) in [7, 11) is 0. The fourth-order valence-corrected chi connectivity index (χ4v) is 1.14. The van der Waals surface area contributed by atoms with Gasteiger partial charge in [0.05, 0.1) is 18.8 Å². The second kappa shape index (κ2) is 3.62. The van der Waals surface area contributed by atoms with Gasteiger partial charge in [0.1, 0.15) is 0 Å². The molecule has 2 nitrogen and oxygen atoms in total. The zero-order chi connectivity index (χ0) is 9.19. The maximum Gasteiger partial charge on any atom is 0.522 e. The average Bonchev–Trinajstić information content (AvgIpc) is 1.91. The van der Waals surface area contributed by atoms with E-state index in [9.17, 15) is 13.2 Å². The predicted molar refractivity (Wildman–Crippen MR) is 35.6 cm³/mol. The highest BCUT2D eigenvalue weighted by atomic mass is 19.4. The molecule has 2 atom stereocenters. The van der Waals surface area contributed by atoms with E-state index in [0.29, 0.717) is 12.8 Å². The summed E-state index contributed by atoms with van der Waals surface area (Å²) < 4.78 is 43.8. The Morgan fingerprint density at radius 2 is 2.00 bits per heavy atom. The molecule has 1 heterocycles. The molecule has 1 saturated heterocycles. The third-order valence-electron chi connectivity index (χ3n) is 1.76. The van der Waals surface area contributed by atoms with Crippen LogP contribution in [0.15, 0.2) is 0 Å². The second-order valence-corrected chi connectivity index (χ2v) is 2.91. The molecule has 0 aromatic rings. The molecule has 12 heavy (non-hydrogen) atoms. The minimum atomic E-state index is -4.53. The lowest BCUT2D eigenvalue weighted by molar-refractivity contribution is -0.351. The molecule has 0 unspecified atom stereocenters. The molecule has 1 aliphatic rings. The highest BCUT2D eigenvalue weighted by Crippen LogP contribution is 2.24. The van der Waals surface area contributed by atoms with Crippen molar-refractivity contribution in [3.05, 3.63) is 0 Å². The maximum atomic E-state index is 11.7. The molecule has 0 aromatic heterocycles. The van der Waals surface area contributed by atoms with Crippen molar-refractivity contribution >= 4 is 0 Å². The fourth-order valence-electron chi connectivity index (χ4n) is 1.14. The molecule has 0 N–H and O–H groups in total. The van der Waals surface area contributed by atoms with Gasteiger partial charge in [-0.15, -0.1) is 13.2 Å². The Balaban J connectivity index is 2.26. The van der Waals surface area contributed by atoms with E-state index in [1.807, 2.05) is 6.92 Å². The molecule has 1 aliphatic heterocycles. The average molecular weight is 184 g/mol. The molecule has 5 heteroatoms. The summed E-state index contributed by atoms with van der Waals surface area (Å²) in [6.45, 7) is 1.88.